The van der Waals surface area contributed by atoms with Gasteiger partial charge in [-0.05, 0) is 52.4 Å². The van der Waals surface area contributed by atoms with Gasteiger partial charge in [-0.25, -0.2) is 4.98 Å². The first-order valence-corrected chi connectivity index (χ1v) is 8.82. The van der Waals surface area contributed by atoms with E-state index in [-0.39, 0.29) is 11.9 Å². The molecule has 0 aromatic carbocycles. The number of rotatable bonds is 4. The molecule has 1 aromatic heterocycles. The maximum absolute atomic E-state index is 12.3. The second kappa shape index (κ2) is 6.05. The summed E-state index contributed by atoms with van der Waals surface area (Å²) >= 11 is 1.69. The van der Waals surface area contributed by atoms with E-state index in [1.807, 2.05) is 13.8 Å². The lowest BCUT2D eigenvalue weighted by molar-refractivity contribution is -0.122. The molecule has 0 radical (unpaired) electrons. The Morgan fingerprint density at radius 2 is 2.05 bits per heavy atom. The lowest BCUT2D eigenvalue weighted by Gasteiger charge is -2.29. The van der Waals surface area contributed by atoms with Crippen molar-refractivity contribution in [1.82, 2.24) is 15.6 Å². The SMILES string of the molecule is Cc1nc(C)c(C(C)NC(=O)CC2CC3CCC(C2)N3)s1. The highest BCUT2D eigenvalue weighted by molar-refractivity contribution is 7.11. The number of hydrogen-bond donors (Lipinski definition) is 2. The van der Waals surface area contributed by atoms with E-state index in [0.717, 1.165) is 23.5 Å². The van der Waals surface area contributed by atoms with Crippen LogP contribution in [-0.2, 0) is 4.79 Å². The van der Waals surface area contributed by atoms with Crippen LogP contribution >= 0.6 is 11.3 Å². The molecule has 3 heterocycles. The molecular weight excluding hydrogens is 282 g/mol. The molecule has 3 unspecified atom stereocenters. The number of thiazole rings is 1. The van der Waals surface area contributed by atoms with Crippen molar-refractivity contribution < 1.29 is 4.79 Å². The highest BCUT2D eigenvalue weighted by Gasteiger charge is 2.34. The van der Waals surface area contributed by atoms with Gasteiger partial charge in [0, 0.05) is 23.4 Å². The molecule has 21 heavy (non-hydrogen) atoms. The molecule has 1 amide bonds. The standard InChI is InChI=1S/C16H25N3OS/c1-9-16(21-11(3)17-9)10(2)18-15(20)8-12-6-13-4-5-14(7-12)19-13/h10,12-14,19H,4-8H2,1-3H3,(H,18,20). The average Bonchev–Trinajstić information content (AvgIpc) is 2.91. The summed E-state index contributed by atoms with van der Waals surface area (Å²) in [5.41, 5.74) is 1.05. The van der Waals surface area contributed by atoms with Gasteiger partial charge in [-0.2, -0.15) is 0 Å². The van der Waals surface area contributed by atoms with Crippen LogP contribution in [-0.4, -0.2) is 23.0 Å². The van der Waals surface area contributed by atoms with E-state index in [9.17, 15) is 4.79 Å². The van der Waals surface area contributed by atoms with Gasteiger partial charge < -0.3 is 10.6 Å². The third-order valence-electron chi connectivity index (χ3n) is 4.75. The Balaban J connectivity index is 1.53. The van der Waals surface area contributed by atoms with E-state index >= 15 is 0 Å². The number of hydrogen-bond acceptors (Lipinski definition) is 4. The molecule has 0 spiro atoms. The molecule has 2 aliphatic heterocycles. The fraction of sp³-hybridized carbons (Fsp3) is 0.750. The van der Waals surface area contributed by atoms with Crippen LogP contribution < -0.4 is 10.6 Å². The van der Waals surface area contributed by atoms with Crippen molar-refractivity contribution in [2.75, 3.05) is 0 Å². The second-order valence-electron chi connectivity index (χ2n) is 6.65. The Bertz CT molecular complexity index is 516. The predicted molar refractivity (Wildman–Crippen MR) is 85.4 cm³/mol. The van der Waals surface area contributed by atoms with Crippen LogP contribution in [0.1, 0.15) is 60.6 Å². The van der Waals surface area contributed by atoms with Gasteiger partial charge in [0.15, 0.2) is 0 Å². The summed E-state index contributed by atoms with van der Waals surface area (Å²) in [5, 5.41) is 7.86. The number of carbonyl (C=O) groups excluding carboxylic acids is 1. The normalized spacial score (nSPS) is 29.4. The minimum Gasteiger partial charge on any atom is -0.349 e. The molecule has 3 rings (SSSR count). The van der Waals surface area contributed by atoms with Crippen molar-refractivity contribution in [3.8, 4) is 0 Å². The van der Waals surface area contributed by atoms with Gasteiger partial charge >= 0.3 is 0 Å². The van der Waals surface area contributed by atoms with Gasteiger partial charge in [0.2, 0.25) is 5.91 Å². The first kappa shape index (κ1) is 15.0. The molecule has 116 valence electrons. The van der Waals surface area contributed by atoms with Crippen LogP contribution in [0.3, 0.4) is 0 Å². The molecule has 3 atom stereocenters. The van der Waals surface area contributed by atoms with Crippen molar-refractivity contribution >= 4 is 17.2 Å². The van der Waals surface area contributed by atoms with Crippen LogP contribution in [0.4, 0.5) is 0 Å². The zero-order valence-corrected chi connectivity index (χ0v) is 13.9. The average molecular weight is 307 g/mol. The maximum Gasteiger partial charge on any atom is 0.220 e. The second-order valence-corrected chi connectivity index (χ2v) is 7.89. The summed E-state index contributed by atoms with van der Waals surface area (Å²) in [6.07, 6.45) is 5.58. The molecule has 0 aliphatic carbocycles. The van der Waals surface area contributed by atoms with Gasteiger partial charge in [0.25, 0.3) is 0 Å². The van der Waals surface area contributed by atoms with Crippen molar-refractivity contribution in [3.63, 3.8) is 0 Å². The Morgan fingerprint density at radius 3 is 2.62 bits per heavy atom. The lowest BCUT2D eigenvalue weighted by Crippen LogP contribution is -2.40. The number of amides is 1. The summed E-state index contributed by atoms with van der Waals surface area (Å²) in [7, 11) is 0. The van der Waals surface area contributed by atoms with Crippen molar-refractivity contribution in [2.24, 2.45) is 5.92 Å². The topological polar surface area (TPSA) is 54.0 Å². The quantitative estimate of drug-likeness (QED) is 0.899. The van der Waals surface area contributed by atoms with Crippen molar-refractivity contribution in [1.29, 1.82) is 0 Å². The molecule has 4 nitrogen and oxygen atoms in total. The molecule has 2 N–H and O–H groups in total. The summed E-state index contributed by atoms with van der Waals surface area (Å²) < 4.78 is 0. The number of aromatic nitrogens is 1. The maximum atomic E-state index is 12.3. The fourth-order valence-corrected chi connectivity index (χ4v) is 4.85. The minimum absolute atomic E-state index is 0.0714. The van der Waals surface area contributed by atoms with Crippen LogP contribution in [0, 0.1) is 19.8 Å². The Morgan fingerprint density at radius 1 is 1.38 bits per heavy atom. The first-order chi connectivity index (χ1) is 10.0. The van der Waals surface area contributed by atoms with E-state index in [1.165, 1.54) is 17.7 Å². The molecule has 0 saturated carbocycles. The number of piperidine rings is 1. The van der Waals surface area contributed by atoms with Crippen LogP contribution in [0.25, 0.3) is 0 Å². The molecule has 1 aromatic rings. The minimum atomic E-state index is 0.0714. The first-order valence-electron chi connectivity index (χ1n) is 8.00. The van der Waals surface area contributed by atoms with Gasteiger partial charge in [-0.1, -0.05) is 0 Å². The molecular formula is C16H25N3OS. The van der Waals surface area contributed by atoms with Gasteiger partial charge in [0.1, 0.15) is 0 Å². The molecule has 5 heteroatoms. The van der Waals surface area contributed by atoms with E-state index in [2.05, 4.69) is 22.5 Å². The van der Waals surface area contributed by atoms with Gasteiger partial charge in [0.05, 0.1) is 16.7 Å². The summed E-state index contributed by atoms with van der Waals surface area (Å²) in [6, 6.07) is 1.39. The van der Waals surface area contributed by atoms with Gasteiger partial charge in [-0.15, -0.1) is 11.3 Å². The van der Waals surface area contributed by atoms with Crippen molar-refractivity contribution in [2.45, 2.75) is 71.0 Å². The number of carbonyl (C=O) groups is 1. The number of fused-ring (bicyclic) bond motifs is 2. The molecule has 2 fully saturated rings. The van der Waals surface area contributed by atoms with Crippen LogP contribution in [0.5, 0.6) is 0 Å². The highest BCUT2D eigenvalue weighted by Crippen LogP contribution is 2.33. The van der Waals surface area contributed by atoms with Gasteiger partial charge in [-0.3, -0.25) is 4.79 Å². The zero-order chi connectivity index (χ0) is 15.0. The number of aryl methyl sites for hydroxylation is 2. The Hall–Kier alpha value is -0.940. The lowest BCUT2D eigenvalue weighted by atomic mass is 9.89. The largest absolute Gasteiger partial charge is 0.349 e. The number of nitrogens with zero attached hydrogens (tertiary/aromatic N) is 1. The zero-order valence-electron chi connectivity index (χ0n) is 13.1. The predicted octanol–water partition coefficient (Wildman–Crippen LogP) is 2.86. The molecule has 2 aliphatic rings. The van der Waals surface area contributed by atoms with E-state index in [1.54, 1.807) is 11.3 Å². The van der Waals surface area contributed by atoms with Crippen LogP contribution in [0.15, 0.2) is 0 Å². The molecule has 2 bridgehead atoms. The molecule has 2 saturated heterocycles. The summed E-state index contributed by atoms with van der Waals surface area (Å²) in [6.45, 7) is 6.09. The highest BCUT2D eigenvalue weighted by atomic mass is 32.1. The third kappa shape index (κ3) is 3.46. The fourth-order valence-electron chi connectivity index (χ4n) is 3.92. The summed E-state index contributed by atoms with van der Waals surface area (Å²) in [4.78, 5) is 17.9. The van der Waals surface area contributed by atoms with Crippen molar-refractivity contribution in [3.05, 3.63) is 15.6 Å². The summed E-state index contributed by atoms with van der Waals surface area (Å²) in [5.74, 6) is 0.750. The monoisotopic (exact) mass is 307 g/mol. The smallest absolute Gasteiger partial charge is 0.220 e. The Kier molecular flexibility index (Phi) is 4.31. The van der Waals surface area contributed by atoms with E-state index < -0.39 is 0 Å². The van der Waals surface area contributed by atoms with E-state index in [0.29, 0.717) is 24.4 Å². The van der Waals surface area contributed by atoms with E-state index in [4.69, 9.17) is 0 Å². The Labute approximate surface area is 130 Å². The number of nitrogens with one attached hydrogen (secondary N) is 2. The third-order valence-corrected chi connectivity index (χ3v) is 6.01. The van der Waals surface area contributed by atoms with Crippen LogP contribution in [0.2, 0.25) is 0 Å².